The van der Waals surface area contributed by atoms with Crippen LogP contribution in [0.4, 0.5) is 0 Å². The molecule has 32 heavy (non-hydrogen) atoms. The summed E-state index contributed by atoms with van der Waals surface area (Å²) in [4.78, 5) is 28.0. The Kier molecular flexibility index (Phi) is 5.50. The summed E-state index contributed by atoms with van der Waals surface area (Å²) in [5.41, 5.74) is 4.24. The molecule has 7 heteroatoms. The second-order valence-electron chi connectivity index (χ2n) is 7.54. The van der Waals surface area contributed by atoms with E-state index in [0.29, 0.717) is 40.1 Å². The van der Waals surface area contributed by atoms with Crippen LogP contribution in [0.25, 0.3) is 16.8 Å². The lowest BCUT2D eigenvalue weighted by atomic mass is 9.97. The predicted octanol–water partition coefficient (Wildman–Crippen LogP) is 4.35. The molecule has 1 atom stereocenters. The van der Waals surface area contributed by atoms with E-state index in [1.165, 1.54) is 4.40 Å². The number of benzene rings is 2. The topological polar surface area (TPSA) is 112 Å². The van der Waals surface area contributed by atoms with E-state index in [4.69, 9.17) is 0 Å². The van der Waals surface area contributed by atoms with Gasteiger partial charge in [-0.2, -0.15) is 0 Å². The first-order chi connectivity index (χ1) is 15.3. The van der Waals surface area contributed by atoms with Gasteiger partial charge in [0.25, 0.3) is 0 Å². The van der Waals surface area contributed by atoms with E-state index in [0.717, 1.165) is 5.56 Å². The zero-order valence-electron chi connectivity index (χ0n) is 17.6. The zero-order chi connectivity index (χ0) is 23.0. The Hall–Kier alpha value is -3.97. The molecule has 1 unspecified atom stereocenters. The lowest BCUT2D eigenvalue weighted by molar-refractivity contribution is 0.0680. The van der Waals surface area contributed by atoms with Crippen LogP contribution in [0, 0.1) is 6.92 Å². The van der Waals surface area contributed by atoms with E-state index in [-0.39, 0.29) is 11.3 Å². The van der Waals surface area contributed by atoms with Gasteiger partial charge in [-0.25, -0.2) is 14.6 Å². The third-order valence-electron chi connectivity index (χ3n) is 5.58. The Morgan fingerprint density at radius 1 is 0.969 bits per heavy atom. The number of carboxylic acid groups (broad SMARTS) is 2. The molecule has 7 nitrogen and oxygen atoms in total. The van der Waals surface area contributed by atoms with Gasteiger partial charge in [-0.15, -0.1) is 0 Å². The van der Waals surface area contributed by atoms with Gasteiger partial charge >= 0.3 is 11.9 Å². The average Bonchev–Trinajstić information content (AvgIpc) is 3.20. The summed E-state index contributed by atoms with van der Waals surface area (Å²) in [6.45, 7) is 3.69. The Labute approximate surface area is 184 Å². The Morgan fingerprint density at radius 2 is 1.66 bits per heavy atom. The van der Waals surface area contributed by atoms with E-state index < -0.39 is 18.0 Å². The van der Waals surface area contributed by atoms with Crippen molar-refractivity contribution in [3.63, 3.8) is 0 Å². The fraction of sp³-hybridized carbons (Fsp3) is 0.160. The quantitative estimate of drug-likeness (QED) is 0.419. The number of aliphatic hydroxyl groups excluding tert-OH is 1. The Bertz CT molecular complexity index is 1340. The van der Waals surface area contributed by atoms with E-state index in [9.17, 15) is 24.9 Å². The van der Waals surface area contributed by atoms with Crippen molar-refractivity contribution in [1.29, 1.82) is 0 Å². The first kappa shape index (κ1) is 21.3. The van der Waals surface area contributed by atoms with Gasteiger partial charge in [-0.1, -0.05) is 55.5 Å². The fourth-order valence-electron chi connectivity index (χ4n) is 3.96. The summed E-state index contributed by atoms with van der Waals surface area (Å²) in [6, 6.07) is 17.1. The maximum atomic E-state index is 12.0. The molecule has 0 aliphatic carbocycles. The largest absolute Gasteiger partial charge is 0.478 e. The van der Waals surface area contributed by atoms with Gasteiger partial charge in [-0.3, -0.25) is 4.40 Å². The second-order valence-corrected chi connectivity index (χ2v) is 7.54. The SMILES string of the molecule is CCc1nc2c(C)ccc(C(O)c3ccc(-c4ccccc4C(=O)O)cc3)n2c1C(=O)O. The molecule has 0 bridgehead atoms. The first-order valence-electron chi connectivity index (χ1n) is 10.2. The van der Waals surface area contributed by atoms with E-state index >= 15 is 0 Å². The molecule has 2 aromatic carbocycles. The molecule has 0 radical (unpaired) electrons. The van der Waals surface area contributed by atoms with Gasteiger partial charge < -0.3 is 15.3 Å². The second kappa shape index (κ2) is 8.28. The Balaban J connectivity index is 1.80. The molecule has 0 saturated heterocycles. The third kappa shape index (κ3) is 3.52. The number of aromatic carboxylic acids is 2. The number of aryl methyl sites for hydroxylation is 2. The van der Waals surface area contributed by atoms with Crippen LogP contribution in [-0.2, 0) is 6.42 Å². The Morgan fingerprint density at radius 3 is 2.28 bits per heavy atom. The lowest BCUT2D eigenvalue weighted by Gasteiger charge is -2.16. The number of aliphatic hydroxyl groups is 1. The molecular formula is C25H22N2O5. The summed E-state index contributed by atoms with van der Waals surface area (Å²) >= 11 is 0. The molecular weight excluding hydrogens is 408 g/mol. The van der Waals surface area contributed by atoms with Gasteiger partial charge in [0.05, 0.1) is 17.0 Å². The van der Waals surface area contributed by atoms with Crippen molar-refractivity contribution >= 4 is 17.6 Å². The van der Waals surface area contributed by atoms with Crippen LogP contribution in [0.2, 0.25) is 0 Å². The van der Waals surface area contributed by atoms with Gasteiger partial charge in [0.15, 0.2) is 5.69 Å². The number of imidazole rings is 1. The van der Waals surface area contributed by atoms with E-state index in [1.807, 2.05) is 19.9 Å². The summed E-state index contributed by atoms with van der Waals surface area (Å²) in [7, 11) is 0. The molecule has 0 spiro atoms. The molecule has 162 valence electrons. The van der Waals surface area contributed by atoms with Gasteiger partial charge in [0, 0.05) is 0 Å². The van der Waals surface area contributed by atoms with Crippen molar-refractivity contribution in [3.8, 4) is 11.1 Å². The van der Waals surface area contributed by atoms with Crippen LogP contribution in [0.15, 0.2) is 60.7 Å². The number of nitrogens with zero attached hydrogens (tertiary/aromatic N) is 2. The molecule has 0 aliphatic heterocycles. The number of hydrogen-bond acceptors (Lipinski definition) is 4. The molecule has 0 saturated carbocycles. The van der Waals surface area contributed by atoms with Crippen LogP contribution in [-0.4, -0.2) is 36.6 Å². The minimum absolute atomic E-state index is 0.0484. The normalized spacial score (nSPS) is 12.1. The standard InChI is InChI=1S/C25H22N2O5/c1-3-19-21(25(31)32)27-20(13-8-14(2)23(27)26-19)22(28)16-11-9-15(10-12-16)17-6-4-5-7-18(17)24(29)30/h4-13,22,28H,3H2,1-2H3,(H,29,30)(H,31,32). The molecule has 2 aromatic heterocycles. The van der Waals surface area contributed by atoms with Crippen molar-refractivity contribution in [1.82, 2.24) is 9.38 Å². The van der Waals surface area contributed by atoms with Gasteiger partial charge in [0.1, 0.15) is 11.8 Å². The zero-order valence-corrected chi connectivity index (χ0v) is 17.6. The number of rotatable bonds is 6. The third-order valence-corrected chi connectivity index (χ3v) is 5.58. The molecule has 0 amide bonds. The lowest BCUT2D eigenvalue weighted by Crippen LogP contribution is -2.12. The number of pyridine rings is 1. The van der Waals surface area contributed by atoms with Gasteiger partial charge in [0.2, 0.25) is 0 Å². The maximum Gasteiger partial charge on any atom is 0.354 e. The fourth-order valence-corrected chi connectivity index (χ4v) is 3.96. The average molecular weight is 430 g/mol. The summed E-state index contributed by atoms with van der Waals surface area (Å²) in [6.07, 6.45) is -0.644. The van der Waals surface area contributed by atoms with Crippen LogP contribution in [0.1, 0.15) is 56.4 Å². The van der Waals surface area contributed by atoms with Crippen molar-refractivity contribution in [2.75, 3.05) is 0 Å². The maximum absolute atomic E-state index is 12.0. The number of hydrogen-bond donors (Lipinski definition) is 3. The van der Waals surface area contributed by atoms with Crippen molar-refractivity contribution in [2.45, 2.75) is 26.4 Å². The molecule has 4 rings (SSSR count). The minimum Gasteiger partial charge on any atom is -0.478 e. The molecule has 0 fully saturated rings. The van der Waals surface area contributed by atoms with E-state index in [1.54, 1.807) is 54.6 Å². The van der Waals surface area contributed by atoms with Gasteiger partial charge in [-0.05, 0) is 47.7 Å². The van der Waals surface area contributed by atoms with Crippen LogP contribution < -0.4 is 0 Å². The summed E-state index contributed by atoms with van der Waals surface area (Å²) < 4.78 is 1.51. The van der Waals surface area contributed by atoms with Crippen LogP contribution >= 0.6 is 0 Å². The monoisotopic (exact) mass is 430 g/mol. The molecule has 2 heterocycles. The van der Waals surface area contributed by atoms with Crippen molar-refractivity contribution in [3.05, 3.63) is 94.4 Å². The highest BCUT2D eigenvalue weighted by molar-refractivity contribution is 5.96. The van der Waals surface area contributed by atoms with E-state index in [2.05, 4.69) is 4.98 Å². The molecule has 3 N–H and O–H groups in total. The molecule has 4 aromatic rings. The van der Waals surface area contributed by atoms with Crippen LogP contribution in [0.5, 0.6) is 0 Å². The predicted molar refractivity (Wildman–Crippen MR) is 119 cm³/mol. The number of fused-ring (bicyclic) bond motifs is 1. The highest BCUT2D eigenvalue weighted by Gasteiger charge is 2.24. The minimum atomic E-state index is -1.10. The highest BCUT2D eigenvalue weighted by Crippen LogP contribution is 2.30. The first-order valence-corrected chi connectivity index (χ1v) is 10.2. The molecule has 0 aliphatic rings. The number of carbonyl (C=O) groups is 2. The number of carboxylic acids is 2. The smallest absolute Gasteiger partial charge is 0.354 e. The summed E-state index contributed by atoms with van der Waals surface area (Å²) in [5.74, 6) is -2.12. The summed E-state index contributed by atoms with van der Waals surface area (Å²) in [5, 5.41) is 30.4. The van der Waals surface area contributed by atoms with Crippen molar-refractivity contribution < 1.29 is 24.9 Å². The number of aromatic nitrogens is 2. The highest BCUT2D eigenvalue weighted by atomic mass is 16.4. The van der Waals surface area contributed by atoms with Crippen LogP contribution in [0.3, 0.4) is 0 Å². The van der Waals surface area contributed by atoms with Crippen molar-refractivity contribution in [2.24, 2.45) is 0 Å².